The predicted octanol–water partition coefficient (Wildman–Crippen LogP) is 3.25. The van der Waals surface area contributed by atoms with Crippen molar-refractivity contribution in [1.29, 1.82) is 0 Å². The first-order valence-electron chi connectivity index (χ1n) is 7.13. The summed E-state index contributed by atoms with van der Waals surface area (Å²) in [4.78, 5) is 23.1. The van der Waals surface area contributed by atoms with Crippen LogP contribution in [0.1, 0.15) is 38.3 Å². The molecule has 0 spiro atoms. The quantitative estimate of drug-likeness (QED) is 0.841. The van der Waals surface area contributed by atoms with E-state index in [0.29, 0.717) is 0 Å². The standard InChI is InChI=1S/C16H20F3NO3/c1-10(2)15(3,9-14(22)23)20-13(21)8-11-6-4-5-7-12(11)16(17,18)19/h4-7,10H,8-9H2,1-3H3,(H,20,21)(H,22,23). The molecule has 0 fully saturated rings. The third-order valence-corrected chi connectivity index (χ3v) is 3.89. The van der Waals surface area contributed by atoms with Gasteiger partial charge in [-0.15, -0.1) is 0 Å². The Labute approximate surface area is 132 Å². The first-order chi connectivity index (χ1) is 10.5. The number of nitrogens with one attached hydrogen (secondary N) is 1. The summed E-state index contributed by atoms with van der Waals surface area (Å²) < 4.78 is 38.8. The second-order valence-corrected chi connectivity index (χ2v) is 6.02. The molecule has 1 aromatic rings. The third-order valence-electron chi connectivity index (χ3n) is 3.89. The average Bonchev–Trinajstić information content (AvgIpc) is 2.36. The molecular weight excluding hydrogens is 311 g/mol. The lowest BCUT2D eigenvalue weighted by Crippen LogP contribution is -2.51. The van der Waals surface area contributed by atoms with E-state index in [1.165, 1.54) is 18.2 Å². The van der Waals surface area contributed by atoms with E-state index in [1.807, 2.05) is 0 Å². The number of carbonyl (C=O) groups excluding carboxylic acids is 1. The molecular formula is C16H20F3NO3. The number of hydrogen-bond donors (Lipinski definition) is 2. The highest BCUT2D eigenvalue weighted by Gasteiger charge is 2.35. The van der Waals surface area contributed by atoms with Crippen molar-refractivity contribution in [3.8, 4) is 0 Å². The van der Waals surface area contributed by atoms with Crippen LogP contribution >= 0.6 is 0 Å². The van der Waals surface area contributed by atoms with Crippen LogP contribution in [0.4, 0.5) is 13.2 Å². The van der Waals surface area contributed by atoms with E-state index in [1.54, 1.807) is 20.8 Å². The molecule has 1 atom stereocenters. The van der Waals surface area contributed by atoms with Crippen molar-refractivity contribution in [1.82, 2.24) is 5.32 Å². The van der Waals surface area contributed by atoms with Crippen LogP contribution in [0.25, 0.3) is 0 Å². The number of carboxylic acids is 1. The zero-order valence-corrected chi connectivity index (χ0v) is 13.2. The summed E-state index contributed by atoms with van der Waals surface area (Å²) in [6, 6.07) is 4.84. The van der Waals surface area contributed by atoms with Crippen LogP contribution in [0.5, 0.6) is 0 Å². The number of amides is 1. The SMILES string of the molecule is CC(C)C(C)(CC(=O)O)NC(=O)Cc1ccccc1C(F)(F)F. The molecule has 0 radical (unpaired) electrons. The molecule has 0 aliphatic carbocycles. The number of benzene rings is 1. The summed E-state index contributed by atoms with van der Waals surface area (Å²) in [6.07, 6.45) is -5.31. The van der Waals surface area contributed by atoms with Gasteiger partial charge in [0.05, 0.1) is 18.4 Å². The Balaban J connectivity index is 2.94. The molecule has 2 N–H and O–H groups in total. The number of carboxylic acid groups (broad SMARTS) is 1. The van der Waals surface area contributed by atoms with Crippen LogP contribution < -0.4 is 5.32 Å². The van der Waals surface area contributed by atoms with Crippen molar-refractivity contribution >= 4 is 11.9 Å². The maximum atomic E-state index is 12.9. The average molecular weight is 331 g/mol. The molecule has 4 nitrogen and oxygen atoms in total. The second-order valence-electron chi connectivity index (χ2n) is 6.02. The van der Waals surface area contributed by atoms with Crippen molar-refractivity contribution in [2.45, 2.75) is 45.3 Å². The molecule has 0 heterocycles. The fourth-order valence-electron chi connectivity index (χ4n) is 2.19. The molecule has 0 aromatic heterocycles. The topological polar surface area (TPSA) is 66.4 Å². The Bertz CT molecular complexity index is 584. The van der Waals surface area contributed by atoms with Crippen LogP contribution in [-0.4, -0.2) is 22.5 Å². The summed E-state index contributed by atoms with van der Waals surface area (Å²) >= 11 is 0. The minimum absolute atomic E-state index is 0.140. The van der Waals surface area contributed by atoms with Crippen LogP contribution in [0.3, 0.4) is 0 Å². The molecule has 0 saturated carbocycles. The number of carbonyl (C=O) groups is 2. The number of halogens is 3. The van der Waals surface area contributed by atoms with E-state index >= 15 is 0 Å². The van der Waals surface area contributed by atoms with E-state index in [9.17, 15) is 22.8 Å². The van der Waals surface area contributed by atoms with E-state index in [4.69, 9.17) is 5.11 Å². The number of rotatable bonds is 6. The minimum atomic E-state index is -4.54. The first kappa shape index (κ1) is 19.0. The van der Waals surface area contributed by atoms with E-state index in [-0.39, 0.29) is 17.9 Å². The molecule has 1 aromatic carbocycles. The minimum Gasteiger partial charge on any atom is -0.481 e. The fraction of sp³-hybridized carbons (Fsp3) is 0.500. The lowest BCUT2D eigenvalue weighted by atomic mass is 9.85. The predicted molar refractivity (Wildman–Crippen MR) is 78.8 cm³/mol. The number of alkyl halides is 3. The Hall–Kier alpha value is -2.05. The van der Waals surface area contributed by atoms with Gasteiger partial charge in [-0.3, -0.25) is 9.59 Å². The van der Waals surface area contributed by atoms with Crippen molar-refractivity contribution in [3.05, 3.63) is 35.4 Å². The Kier molecular flexibility index (Phi) is 5.80. The molecule has 0 aliphatic rings. The smallest absolute Gasteiger partial charge is 0.416 e. The monoisotopic (exact) mass is 331 g/mol. The van der Waals surface area contributed by atoms with Crippen LogP contribution in [0.15, 0.2) is 24.3 Å². The number of hydrogen-bond acceptors (Lipinski definition) is 2. The van der Waals surface area contributed by atoms with Gasteiger partial charge >= 0.3 is 12.1 Å². The zero-order valence-electron chi connectivity index (χ0n) is 13.2. The van der Waals surface area contributed by atoms with Gasteiger partial charge in [0.1, 0.15) is 0 Å². The summed E-state index contributed by atoms with van der Waals surface area (Å²) in [7, 11) is 0. The van der Waals surface area contributed by atoms with Gasteiger partial charge in [-0.05, 0) is 24.5 Å². The highest BCUT2D eigenvalue weighted by Crippen LogP contribution is 2.32. The van der Waals surface area contributed by atoms with Crippen molar-refractivity contribution in [2.24, 2.45) is 5.92 Å². The Morgan fingerprint density at radius 1 is 1.22 bits per heavy atom. The van der Waals surface area contributed by atoms with Gasteiger partial charge in [-0.2, -0.15) is 13.2 Å². The maximum absolute atomic E-state index is 12.9. The van der Waals surface area contributed by atoms with Gasteiger partial charge < -0.3 is 10.4 Å². The molecule has 1 unspecified atom stereocenters. The van der Waals surface area contributed by atoms with E-state index < -0.39 is 35.6 Å². The van der Waals surface area contributed by atoms with Gasteiger partial charge in [0.15, 0.2) is 0 Å². The number of aliphatic carboxylic acids is 1. The van der Waals surface area contributed by atoms with Gasteiger partial charge in [-0.25, -0.2) is 0 Å². The van der Waals surface area contributed by atoms with E-state index in [0.717, 1.165) is 6.07 Å². The second kappa shape index (κ2) is 7.02. The highest BCUT2D eigenvalue weighted by molar-refractivity contribution is 5.81. The summed E-state index contributed by atoms with van der Waals surface area (Å²) in [5.74, 6) is -1.92. The van der Waals surface area contributed by atoms with Crippen LogP contribution in [0.2, 0.25) is 0 Å². The molecule has 7 heteroatoms. The summed E-state index contributed by atoms with van der Waals surface area (Å²) in [5, 5.41) is 11.5. The molecule has 0 aliphatic heterocycles. The van der Waals surface area contributed by atoms with Gasteiger partial charge in [-0.1, -0.05) is 32.0 Å². The zero-order chi connectivity index (χ0) is 17.8. The van der Waals surface area contributed by atoms with Gasteiger partial charge in [0, 0.05) is 5.54 Å². The Morgan fingerprint density at radius 2 is 1.78 bits per heavy atom. The largest absolute Gasteiger partial charge is 0.481 e. The van der Waals surface area contributed by atoms with E-state index in [2.05, 4.69) is 5.32 Å². The van der Waals surface area contributed by atoms with Crippen LogP contribution in [-0.2, 0) is 22.2 Å². The molecule has 0 bridgehead atoms. The molecule has 0 saturated heterocycles. The normalized spacial score (nSPS) is 14.4. The Morgan fingerprint density at radius 3 is 2.26 bits per heavy atom. The summed E-state index contributed by atoms with van der Waals surface area (Å²) in [5.41, 5.74) is -2.03. The lowest BCUT2D eigenvalue weighted by molar-refractivity contribution is -0.139. The lowest BCUT2D eigenvalue weighted by Gasteiger charge is -2.33. The molecule has 1 amide bonds. The maximum Gasteiger partial charge on any atom is 0.416 e. The van der Waals surface area contributed by atoms with Crippen molar-refractivity contribution < 1.29 is 27.9 Å². The first-order valence-corrected chi connectivity index (χ1v) is 7.13. The molecule has 23 heavy (non-hydrogen) atoms. The fourth-order valence-corrected chi connectivity index (χ4v) is 2.19. The third kappa shape index (κ3) is 5.26. The van der Waals surface area contributed by atoms with Crippen LogP contribution in [0, 0.1) is 5.92 Å². The molecule has 128 valence electrons. The molecule has 1 rings (SSSR count). The van der Waals surface area contributed by atoms with Gasteiger partial charge in [0.25, 0.3) is 0 Å². The van der Waals surface area contributed by atoms with Crippen molar-refractivity contribution in [2.75, 3.05) is 0 Å². The van der Waals surface area contributed by atoms with Crippen molar-refractivity contribution in [3.63, 3.8) is 0 Å². The highest BCUT2D eigenvalue weighted by atomic mass is 19.4. The van der Waals surface area contributed by atoms with Gasteiger partial charge in [0.2, 0.25) is 5.91 Å². The summed E-state index contributed by atoms with van der Waals surface area (Å²) in [6.45, 7) is 5.05.